The van der Waals surface area contributed by atoms with Gasteiger partial charge in [-0.3, -0.25) is 14.8 Å². The maximum atomic E-state index is 12.7. The molecule has 1 N–H and O–H groups in total. The number of para-hydroxylation sites is 1. The number of hydrogen-bond donors (Lipinski definition) is 1. The predicted octanol–water partition coefficient (Wildman–Crippen LogP) is 5.59. The third-order valence-electron chi connectivity index (χ3n) is 5.87. The number of nitrogens with zero attached hydrogens (tertiary/aromatic N) is 3. The number of carbonyl (C=O) groups excluding carboxylic acids is 1. The summed E-state index contributed by atoms with van der Waals surface area (Å²) >= 11 is 0. The summed E-state index contributed by atoms with van der Waals surface area (Å²) < 4.78 is 2.16. The minimum atomic E-state index is -0.0585. The number of rotatable bonds is 4. The van der Waals surface area contributed by atoms with Crippen LogP contribution in [0.5, 0.6) is 0 Å². The Labute approximate surface area is 186 Å². The molecule has 0 bridgehead atoms. The fraction of sp³-hybridized carbons (Fsp3) is 0.148. The molecular formula is C27H24N4O. The minimum absolute atomic E-state index is 0.0585. The molecule has 0 aliphatic heterocycles. The lowest BCUT2D eigenvalue weighted by Gasteiger charge is -2.09. The van der Waals surface area contributed by atoms with Crippen LogP contribution in [0.4, 0.5) is 5.69 Å². The number of aromatic nitrogens is 3. The number of amides is 1. The Morgan fingerprint density at radius 2 is 1.75 bits per heavy atom. The first-order chi connectivity index (χ1) is 15.5. The van der Waals surface area contributed by atoms with E-state index in [1.807, 2.05) is 50.2 Å². The summed E-state index contributed by atoms with van der Waals surface area (Å²) in [5.41, 5.74) is 7.90. The van der Waals surface area contributed by atoms with E-state index in [4.69, 9.17) is 0 Å². The van der Waals surface area contributed by atoms with Crippen molar-refractivity contribution in [3.8, 4) is 11.3 Å². The molecule has 3 aromatic heterocycles. The van der Waals surface area contributed by atoms with Gasteiger partial charge in [0.15, 0.2) is 0 Å². The highest BCUT2D eigenvalue weighted by Gasteiger charge is 2.11. The topological polar surface area (TPSA) is 59.8 Å². The van der Waals surface area contributed by atoms with E-state index in [-0.39, 0.29) is 12.3 Å². The first kappa shape index (κ1) is 19.9. The molecule has 32 heavy (non-hydrogen) atoms. The Kier molecular flexibility index (Phi) is 4.94. The second-order valence-electron chi connectivity index (χ2n) is 8.23. The highest BCUT2D eigenvalue weighted by atomic mass is 16.1. The van der Waals surface area contributed by atoms with E-state index in [1.54, 1.807) is 12.4 Å². The molecule has 5 nitrogen and oxygen atoms in total. The quantitative estimate of drug-likeness (QED) is 0.412. The SMILES string of the molecule is Cc1cc(-c2ncc(CC(=O)Nc3ccc4c5ccccc5n(C)c4c3)cc2C)ccn1. The van der Waals surface area contributed by atoms with Gasteiger partial charge in [-0.05, 0) is 55.3 Å². The Morgan fingerprint density at radius 1 is 0.938 bits per heavy atom. The van der Waals surface area contributed by atoms with Crippen molar-refractivity contribution in [3.05, 3.63) is 89.9 Å². The van der Waals surface area contributed by atoms with Crippen molar-refractivity contribution in [2.75, 3.05) is 5.32 Å². The van der Waals surface area contributed by atoms with Crippen LogP contribution >= 0.6 is 0 Å². The van der Waals surface area contributed by atoms with Gasteiger partial charge < -0.3 is 9.88 Å². The zero-order valence-electron chi connectivity index (χ0n) is 18.4. The molecule has 0 saturated heterocycles. The molecule has 158 valence electrons. The van der Waals surface area contributed by atoms with Crippen molar-refractivity contribution in [2.24, 2.45) is 7.05 Å². The molecule has 3 heterocycles. The number of anilines is 1. The van der Waals surface area contributed by atoms with E-state index in [1.165, 1.54) is 16.3 Å². The molecule has 5 rings (SSSR count). The van der Waals surface area contributed by atoms with Crippen molar-refractivity contribution in [1.82, 2.24) is 14.5 Å². The second kappa shape index (κ2) is 7.93. The minimum Gasteiger partial charge on any atom is -0.344 e. The lowest BCUT2D eigenvalue weighted by Crippen LogP contribution is -2.14. The third kappa shape index (κ3) is 3.62. The highest BCUT2D eigenvalue weighted by Crippen LogP contribution is 2.30. The summed E-state index contributed by atoms with van der Waals surface area (Å²) in [6, 6.07) is 20.4. The van der Waals surface area contributed by atoms with Crippen molar-refractivity contribution < 1.29 is 4.79 Å². The van der Waals surface area contributed by atoms with Gasteiger partial charge in [-0.25, -0.2) is 0 Å². The van der Waals surface area contributed by atoms with Crippen molar-refractivity contribution in [3.63, 3.8) is 0 Å². The van der Waals surface area contributed by atoms with Crippen LogP contribution in [0.3, 0.4) is 0 Å². The van der Waals surface area contributed by atoms with Gasteiger partial charge in [0.25, 0.3) is 0 Å². The second-order valence-corrected chi connectivity index (χ2v) is 8.23. The van der Waals surface area contributed by atoms with E-state index in [0.29, 0.717) is 0 Å². The van der Waals surface area contributed by atoms with Gasteiger partial charge in [0, 0.05) is 52.7 Å². The predicted molar refractivity (Wildman–Crippen MR) is 130 cm³/mol. The number of fused-ring (bicyclic) bond motifs is 3. The number of hydrogen-bond acceptors (Lipinski definition) is 3. The third-order valence-corrected chi connectivity index (χ3v) is 5.87. The fourth-order valence-corrected chi connectivity index (χ4v) is 4.35. The molecule has 0 aliphatic carbocycles. The van der Waals surface area contributed by atoms with Crippen LogP contribution in [-0.4, -0.2) is 20.4 Å². The molecule has 0 spiro atoms. The molecule has 0 radical (unpaired) electrons. The van der Waals surface area contributed by atoms with Gasteiger partial charge in [0.05, 0.1) is 17.6 Å². The number of benzene rings is 2. The number of carbonyl (C=O) groups is 1. The van der Waals surface area contributed by atoms with Gasteiger partial charge in [-0.15, -0.1) is 0 Å². The van der Waals surface area contributed by atoms with E-state index < -0.39 is 0 Å². The molecule has 0 fully saturated rings. The summed E-state index contributed by atoms with van der Waals surface area (Å²) in [6.45, 7) is 3.99. The summed E-state index contributed by atoms with van der Waals surface area (Å²) in [7, 11) is 2.05. The molecule has 5 heteroatoms. The van der Waals surface area contributed by atoms with Crippen LogP contribution in [0.1, 0.15) is 16.8 Å². The Bertz CT molecular complexity index is 1480. The molecule has 0 unspecified atom stereocenters. The Hall–Kier alpha value is -3.99. The van der Waals surface area contributed by atoms with Crippen LogP contribution in [0.25, 0.3) is 33.1 Å². The maximum absolute atomic E-state index is 12.7. The number of pyridine rings is 2. The highest BCUT2D eigenvalue weighted by molar-refractivity contribution is 6.09. The normalized spacial score (nSPS) is 11.2. The van der Waals surface area contributed by atoms with Crippen LogP contribution < -0.4 is 5.32 Å². The van der Waals surface area contributed by atoms with Crippen molar-refractivity contribution in [2.45, 2.75) is 20.3 Å². The standard InChI is InChI=1S/C27H24N4O/c1-17-12-19(16-29-27(17)20-10-11-28-18(2)13-20)14-26(32)30-21-8-9-23-22-6-4-5-7-24(22)31(3)25(23)15-21/h4-13,15-16H,14H2,1-3H3,(H,30,32). The zero-order valence-corrected chi connectivity index (χ0v) is 18.4. The summed E-state index contributed by atoms with van der Waals surface area (Å²) in [5, 5.41) is 5.44. The fourth-order valence-electron chi connectivity index (χ4n) is 4.35. The van der Waals surface area contributed by atoms with E-state index in [9.17, 15) is 4.79 Å². The molecule has 5 aromatic rings. The van der Waals surface area contributed by atoms with E-state index >= 15 is 0 Å². The first-order valence-electron chi connectivity index (χ1n) is 10.7. The van der Waals surface area contributed by atoms with Crippen LogP contribution in [0.15, 0.2) is 73.1 Å². The molecule has 0 atom stereocenters. The zero-order chi connectivity index (χ0) is 22.2. The number of aryl methyl sites for hydroxylation is 3. The summed E-state index contributed by atoms with van der Waals surface area (Å²) in [4.78, 5) is 21.6. The van der Waals surface area contributed by atoms with Crippen molar-refractivity contribution >= 4 is 33.4 Å². The van der Waals surface area contributed by atoms with Gasteiger partial charge in [0.1, 0.15) is 0 Å². The Balaban J connectivity index is 1.35. The average molecular weight is 421 g/mol. The molecule has 1 amide bonds. The Morgan fingerprint density at radius 3 is 2.56 bits per heavy atom. The van der Waals surface area contributed by atoms with Crippen molar-refractivity contribution in [1.29, 1.82) is 0 Å². The lowest BCUT2D eigenvalue weighted by atomic mass is 10.0. The molecule has 0 aliphatic rings. The van der Waals surface area contributed by atoms with Crippen LogP contribution in [0.2, 0.25) is 0 Å². The van der Waals surface area contributed by atoms with Gasteiger partial charge in [0.2, 0.25) is 5.91 Å². The van der Waals surface area contributed by atoms with Gasteiger partial charge in [-0.1, -0.05) is 30.3 Å². The van der Waals surface area contributed by atoms with Gasteiger partial charge >= 0.3 is 0 Å². The van der Waals surface area contributed by atoms with E-state index in [2.05, 4.69) is 51.2 Å². The summed E-state index contributed by atoms with van der Waals surface area (Å²) in [5.74, 6) is -0.0585. The smallest absolute Gasteiger partial charge is 0.228 e. The largest absolute Gasteiger partial charge is 0.344 e. The summed E-state index contributed by atoms with van der Waals surface area (Å²) in [6.07, 6.45) is 3.85. The molecule has 2 aromatic carbocycles. The van der Waals surface area contributed by atoms with E-state index in [0.717, 1.165) is 39.3 Å². The first-order valence-corrected chi connectivity index (χ1v) is 10.7. The molecular weight excluding hydrogens is 396 g/mol. The lowest BCUT2D eigenvalue weighted by molar-refractivity contribution is -0.115. The maximum Gasteiger partial charge on any atom is 0.228 e. The average Bonchev–Trinajstić information content (AvgIpc) is 3.06. The van der Waals surface area contributed by atoms with Crippen LogP contribution in [-0.2, 0) is 18.3 Å². The monoisotopic (exact) mass is 420 g/mol. The van der Waals surface area contributed by atoms with Gasteiger partial charge in [-0.2, -0.15) is 0 Å². The van der Waals surface area contributed by atoms with Crippen LogP contribution in [0, 0.1) is 13.8 Å². The number of nitrogens with one attached hydrogen (secondary N) is 1. The molecule has 0 saturated carbocycles.